The van der Waals surface area contributed by atoms with E-state index in [1.165, 1.54) is 31.5 Å². The number of carboxylic acid groups (broad SMARTS) is 1. The van der Waals surface area contributed by atoms with Crippen LogP contribution in [0.3, 0.4) is 0 Å². The average molecular weight is 448 g/mol. The van der Waals surface area contributed by atoms with Crippen LogP contribution in [0.25, 0.3) is 10.9 Å². The molecule has 32 heavy (non-hydrogen) atoms. The molecule has 0 bridgehead atoms. The normalized spacial score (nSPS) is 11.2. The maximum Gasteiger partial charge on any atom is 0.389 e. The Labute approximate surface area is 180 Å². The Kier molecular flexibility index (Phi) is 6.82. The zero-order chi connectivity index (χ0) is 23.3. The van der Waals surface area contributed by atoms with Crippen molar-refractivity contribution in [2.45, 2.75) is 19.0 Å². The summed E-state index contributed by atoms with van der Waals surface area (Å²) >= 11 is 0. The van der Waals surface area contributed by atoms with E-state index in [9.17, 15) is 22.8 Å². The number of halogens is 3. The predicted molar refractivity (Wildman–Crippen MR) is 110 cm³/mol. The van der Waals surface area contributed by atoms with E-state index in [2.05, 4.69) is 10.3 Å². The molecule has 1 heterocycles. The summed E-state index contributed by atoms with van der Waals surface area (Å²) in [4.78, 5) is 28.0. The molecule has 1 aromatic heterocycles. The van der Waals surface area contributed by atoms with Gasteiger partial charge in [0.25, 0.3) is 5.91 Å². The van der Waals surface area contributed by atoms with Gasteiger partial charge < -0.3 is 19.9 Å². The van der Waals surface area contributed by atoms with E-state index in [-0.39, 0.29) is 35.7 Å². The van der Waals surface area contributed by atoms with E-state index in [0.717, 1.165) is 0 Å². The Hall–Kier alpha value is -3.82. The number of carbonyl (C=O) groups is 2. The molecule has 3 aromatic rings. The molecule has 0 aliphatic heterocycles. The van der Waals surface area contributed by atoms with Crippen LogP contribution in [0.4, 0.5) is 18.9 Å². The molecule has 0 saturated carbocycles. The number of fused-ring (bicyclic) bond motifs is 1. The molecule has 0 saturated heterocycles. The number of aromatic carboxylic acids is 1. The van der Waals surface area contributed by atoms with Crippen LogP contribution in [-0.2, 0) is 0 Å². The molecule has 10 heteroatoms. The minimum Gasteiger partial charge on any atom is -0.493 e. The number of ether oxygens (including phenoxy) is 2. The minimum absolute atomic E-state index is 0.0398. The van der Waals surface area contributed by atoms with Crippen LogP contribution in [-0.4, -0.2) is 41.9 Å². The molecule has 3 rings (SSSR count). The molecule has 0 spiro atoms. The lowest BCUT2D eigenvalue weighted by molar-refractivity contribution is -0.136. The number of carboxylic acids is 1. The van der Waals surface area contributed by atoms with Crippen molar-refractivity contribution in [3.8, 4) is 11.5 Å². The van der Waals surface area contributed by atoms with Crippen molar-refractivity contribution in [2.24, 2.45) is 0 Å². The summed E-state index contributed by atoms with van der Waals surface area (Å²) in [6.07, 6.45) is -4.35. The number of alkyl halides is 3. The van der Waals surface area contributed by atoms with Gasteiger partial charge >= 0.3 is 12.1 Å². The molecule has 0 radical (unpaired) electrons. The summed E-state index contributed by atoms with van der Waals surface area (Å²) in [7, 11) is 1.36. The smallest absolute Gasteiger partial charge is 0.389 e. The molecule has 0 atom stereocenters. The van der Waals surface area contributed by atoms with Crippen molar-refractivity contribution in [1.82, 2.24) is 4.98 Å². The number of aromatic nitrogens is 1. The van der Waals surface area contributed by atoms with Crippen molar-refractivity contribution in [1.29, 1.82) is 0 Å². The molecule has 0 aliphatic carbocycles. The number of hydrogen-bond donors (Lipinski definition) is 2. The fourth-order valence-electron chi connectivity index (χ4n) is 2.97. The molecule has 7 nitrogen and oxygen atoms in total. The predicted octanol–water partition coefficient (Wildman–Crippen LogP) is 4.92. The third-order valence-electron chi connectivity index (χ3n) is 4.48. The second-order valence-corrected chi connectivity index (χ2v) is 6.79. The van der Waals surface area contributed by atoms with Crippen LogP contribution >= 0.6 is 0 Å². The summed E-state index contributed by atoms with van der Waals surface area (Å²) in [6, 6.07) is 10.8. The summed E-state index contributed by atoms with van der Waals surface area (Å²) in [5.41, 5.74) is 0.995. The highest BCUT2D eigenvalue weighted by atomic mass is 19.4. The van der Waals surface area contributed by atoms with Gasteiger partial charge in [0.1, 0.15) is 0 Å². The van der Waals surface area contributed by atoms with Gasteiger partial charge in [-0.2, -0.15) is 13.2 Å². The Morgan fingerprint density at radius 1 is 1.16 bits per heavy atom. The number of nitrogens with one attached hydrogen (secondary N) is 1. The highest BCUT2D eigenvalue weighted by Gasteiger charge is 2.26. The largest absolute Gasteiger partial charge is 0.493 e. The van der Waals surface area contributed by atoms with E-state index in [1.807, 2.05) is 0 Å². The molecule has 0 fully saturated rings. The van der Waals surface area contributed by atoms with Crippen molar-refractivity contribution in [3.05, 3.63) is 59.8 Å². The van der Waals surface area contributed by atoms with Gasteiger partial charge in [0.2, 0.25) is 0 Å². The Morgan fingerprint density at radius 2 is 1.94 bits per heavy atom. The van der Waals surface area contributed by atoms with Gasteiger partial charge in [-0.3, -0.25) is 9.78 Å². The maximum absolute atomic E-state index is 12.8. The number of para-hydroxylation sites is 1. The summed E-state index contributed by atoms with van der Waals surface area (Å²) in [5.74, 6) is -1.40. The van der Waals surface area contributed by atoms with Crippen LogP contribution < -0.4 is 14.8 Å². The lowest BCUT2D eigenvalue weighted by atomic mass is 10.1. The first-order chi connectivity index (χ1) is 15.2. The number of anilines is 1. The molecule has 0 aliphatic rings. The number of nitrogens with zero attached hydrogens (tertiary/aromatic N) is 1. The fraction of sp³-hybridized carbons (Fsp3) is 0.227. The number of rotatable bonds is 8. The lowest BCUT2D eigenvalue weighted by Crippen LogP contribution is -2.15. The standard InChI is InChI=1S/C22H19F3N2O5/c1-31-18-5-2-4-16(19(18)32-9-3-8-22(23,24)25)20(28)27-15-7-6-13-10-14(21(29)30)12-26-17(13)11-15/h2,4-7,10-12H,3,8-9H2,1H3,(H,27,28)(H,29,30). The zero-order valence-electron chi connectivity index (χ0n) is 16.9. The van der Waals surface area contributed by atoms with Crippen molar-refractivity contribution >= 4 is 28.5 Å². The van der Waals surface area contributed by atoms with E-state index < -0.39 is 24.5 Å². The van der Waals surface area contributed by atoms with Gasteiger partial charge in [-0.25, -0.2) is 4.79 Å². The zero-order valence-corrected chi connectivity index (χ0v) is 16.9. The van der Waals surface area contributed by atoms with E-state index in [4.69, 9.17) is 14.6 Å². The minimum atomic E-state index is -4.29. The molecule has 0 unspecified atom stereocenters. The van der Waals surface area contributed by atoms with Crippen molar-refractivity contribution in [3.63, 3.8) is 0 Å². The number of methoxy groups -OCH3 is 1. The van der Waals surface area contributed by atoms with E-state index >= 15 is 0 Å². The molecule has 2 aromatic carbocycles. The lowest BCUT2D eigenvalue weighted by Gasteiger charge is -2.15. The van der Waals surface area contributed by atoms with Crippen LogP contribution in [0.1, 0.15) is 33.6 Å². The number of benzene rings is 2. The highest BCUT2D eigenvalue weighted by molar-refractivity contribution is 6.07. The second kappa shape index (κ2) is 9.54. The maximum atomic E-state index is 12.8. The Bertz CT molecular complexity index is 1150. The summed E-state index contributed by atoms with van der Waals surface area (Å²) < 4.78 is 47.8. The molecular formula is C22H19F3N2O5. The van der Waals surface area contributed by atoms with Gasteiger partial charge in [-0.15, -0.1) is 0 Å². The van der Waals surface area contributed by atoms with E-state index in [0.29, 0.717) is 16.6 Å². The second-order valence-electron chi connectivity index (χ2n) is 6.79. The Balaban J connectivity index is 1.79. The quantitative estimate of drug-likeness (QED) is 0.475. The first-order valence-corrected chi connectivity index (χ1v) is 9.49. The van der Waals surface area contributed by atoms with Crippen LogP contribution in [0.2, 0.25) is 0 Å². The summed E-state index contributed by atoms with van der Waals surface area (Å²) in [5, 5.41) is 12.3. The van der Waals surface area contributed by atoms with E-state index in [1.54, 1.807) is 24.3 Å². The highest BCUT2D eigenvalue weighted by Crippen LogP contribution is 2.32. The van der Waals surface area contributed by atoms with Gasteiger partial charge in [0.15, 0.2) is 11.5 Å². The molecular weight excluding hydrogens is 429 g/mol. The molecule has 2 N–H and O–H groups in total. The molecule has 168 valence electrons. The molecule has 1 amide bonds. The van der Waals surface area contributed by atoms with Crippen molar-refractivity contribution in [2.75, 3.05) is 19.0 Å². The number of amides is 1. The van der Waals surface area contributed by atoms with Crippen molar-refractivity contribution < 1.29 is 37.3 Å². The topological polar surface area (TPSA) is 97.8 Å². The SMILES string of the molecule is COc1cccc(C(=O)Nc2ccc3cc(C(=O)O)cnc3c2)c1OCCCC(F)(F)F. The van der Waals surface area contributed by atoms with Crippen LogP contribution in [0, 0.1) is 0 Å². The fourth-order valence-corrected chi connectivity index (χ4v) is 2.97. The van der Waals surface area contributed by atoms with Crippen LogP contribution in [0.5, 0.6) is 11.5 Å². The third-order valence-corrected chi connectivity index (χ3v) is 4.48. The first-order valence-electron chi connectivity index (χ1n) is 9.49. The average Bonchev–Trinajstić information content (AvgIpc) is 2.75. The van der Waals surface area contributed by atoms with Gasteiger partial charge in [-0.05, 0) is 36.8 Å². The van der Waals surface area contributed by atoms with Crippen LogP contribution in [0.15, 0.2) is 48.7 Å². The summed E-state index contributed by atoms with van der Waals surface area (Å²) in [6.45, 7) is -0.244. The van der Waals surface area contributed by atoms with Gasteiger partial charge in [0, 0.05) is 23.7 Å². The first kappa shape index (κ1) is 22.9. The number of pyridine rings is 1. The van der Waals surface area contributed by atoms with Gasteiger partial charge in [0.05, 0.1) is 30.4 Å². The number of hydrogen-bond acceptors (Lipinski definition) is 5. The monoisotopic (exact) mass is 448 g/mol. The third kappa shape index (κ3) is 5.65. The number of carbonyl (C=O) groups excluding carboxylic acids is 1. The Morgan fingerprint density at radius 3 is 2.62 bits per heavy atom. The van der Waals surface area contributed by atoms with Gasteiger partial charge in [-0.1, -0.05) is 12.1 Å².